The van der Waals surface area contributed by atoms with Crippen LogP contribution < -0.4 is 16.0 Å². The first-order chi connectivity index (χ1) is 22.1. The maximum Gasteiger partial charge on any atom is 0.407 e. The molecule has 2 heterocycles. The molecule has 2 saturated heterocycles. The van der Waals surface area contributed by atoms with E-state index in [-0.39, 0.29) is 40.8 Å². The van der Waals surface area contributed by atoms with Gasteiger partial charge in [-0.25, -0.2) is 17.6 Å². The number of amides is 1. The van der Waals surface area contributed by atoms with Crippen LogP contribution in [0.5, 0.6) is 0 Å². The van der Waals surface area contributed by atoms with Gasteiger partial charge in [-0.15, -0.1) is 0 Å². The number of halogens is 1. The molecular weight excluding hydrogens is 607 g/mol. The molecule has 1 saturated carbocycles. The highest BCUT2D eigenvalue weighted by Crippen LogP contribution is 2.51. The number of nitrogens with one attached hydrogen (secondary N) is 1. The summed E-state index contributed by atoms with van der Waals surface area (Å²) in [5, 5.41) is 13.4. The highest BCUT2D eigenvalue weighted by atomic mass is 32.2. The van der Waals surface area contributed by atoms with Gasteiger partial charge in [-0.05, 0) is 80.9 Å². The number of nitriles is 1. The molecule has 2 aromatic rings. The highest BCUT2D eigenvalue weighted by Gasteiger charge is 2.54. The summed E-state index contributed by atoms with van der Waals surface area (Å²) >= 11 is 0. The van der Waals surface area contributed by atoms with Gasteiger partial charge in [-0.1, -0.05) is 30.3 Å². The minimum Gasteiger partial charge on any atom is -0.446 e. The number of carbonyl (C=O) groups excluding carboxylic acids is 1. The number of carbonyl (C=O) groups is 1. The molecule has 3 fully saturated rings. The van der Waals surface area contributed by atoms with E-state index in [0.717, 1.165) is 49.6 Å². The fourth-order valence-corrected chi connectivity index (χ4v) is 8.85. The van der Waals surface area contributed by atoms with E-state index < -0.39 is 27.0 Å². The SMILES string of the molecule is CN=CC(=CN)S(=O)(=O)c1ccc(N2CC(F)(CN3CCC(C(C#N)(c4ccccc4)[C@@H]4CCC[C@H]4OC(=O)NC)CC3)C2)cc1. The lowest BCUT2D eigenvalue weighted by Gasteiger charge is -2.50. The van der Waals surface area contributed by atoms with E-state index in [1.807, 2.05) is 35.2 Å². The van der Waals surface area contributed by atoms with Gasteiger partial charge in [0.15, 0.2) is 5.67 Å². The van der Waals surface area contributed by atoms with Crippen molar-refractivity contribution in [3.05, 3.63) is 71.3 Å². The standard InChI is InChI=1S/C34H43FN6O4S/c1-38-20-29(19-36)46(43,44)28-13-11-27(12-14-28)41-23-33(35,24-41)22-40-17-15-26(16-18-40)34(21-37,25-7-4-3-5-8-25)30-9-6-10-31(30)45-32(42)39-2/h3-5,7-8,11-14,19-20,26,30-31H,6,9-10,15-18,22-24,36H2,1-2H3,(H,39,42)/t30-,31-,34?/m1/s1. The molecule has 12 heteroatoms. The molecule has 0 bridgehead atoms. The molecule has 3 atom stereocenters. The van der Waals surface area contributed by atoms with E-state index in [9.17, 15) is 18.5 Å². The van der Waals surface area contributed by atoms with Crippen LogP contribution in [0.25, 0.3) is 0 Å². The Morgan fingerprint density at radius 3 is 2.41 bits per heavy atom. The Balaban J connectivity index is 1.23. The molecule has 1 amide bonds. The quantitative estimate of drug-likeness (QED) is 0.365. The molecule has 5 rings (SSSR count). The molecule has 2 aromatic carbocycles. The van der Waals surface area contributed by atoms with Crippen molar-refractivity contribution < 1.29 is 22.3 Å². The number of allylic oxidation sites excluding steroid dienone is 1. The highest BCUT2D eigenvalue weighted by molar-refractivity contribution is 7.96. The van der Waals surface area contributed by atoms with Crippen molar-refractivity contribution in [3.63, 3.8) is 0 Å². The summed E-state index contributed by atoms with van der Waals surface area (Å²) in [7, 11) is -0.782. The van der Waals surface area contributed by atoms with Gasteiger partial charge >= 0.3 is 6.09 Å². The summed E-state index contributed by atoms with van der Waals surface area (Å²) in [5.41, 5.74) is 4.99. The van der Waals surface area contributed by atoms with E-state index >= 15 is 4.39 Å². The predicted molar refractivity (Wildman–Crippen MR) is 176 cm³/mol. The zero-order valence-electron chi connectivity index (χ0n) is 26.4. The molecular formula is C34H43FN6O4S. The Morgan fingerprint density at radius 2 is 1.83 bits per heavy atom. The molecule has 0 aromatic heterocycles. The van der Waals surface area contributed by atoms with E-state index in [2.05, 4.69) is 21.3 Å². The molecule has 2 aliphatic heterocycles. The third kappa shape index (κ3) is 6.48. The van der Waals surface area contributed by atoms with Gasteiger partial charge in [0.05, 0.1) is 29.5 Å². The first kappa shape index (κ1) is 33.4. The van der Waals surface area contributed by atoms with Gasteiger partial charge < -0.3 is 20.7 Å². The Bertz CT molecular complexity index is 1580. The van der Waals surface area contributed by atoms with Gasteiger partial charge in [0.1, 0.15) is 11.0 Å². The Kier molecular flexibility index (Phi) is 10.0. The molecule has 3 aliphatic rings. The van der Waals surface area contributed by atoms with E-state index in [0.29, 0.717) is 19.6 Å². The van der Waals surface area contributed by atoms with Crippen LogP contribution in [0.3, 0.4) is 0 Å². The van der Waals surface area contributed by atoms with E-state index in [1.54, 1.807) is 19.2 Å². The summed E-state index contributed by atoms with van der Waals surface area (Å²) in [6.07, 6.45) is 5.30. The van der Waals surface area contributed by atoms with Crippen LogP contribution in [0, 0.1) is 23.2 Å². The molecule has 10 nitrogen and oxygen atoms in total. The monoisotopic (exact) mass is 650 g/mol. The number of ether oxygens (including phenoxy) is 1. The molecule has 1 aliphatic carbocycles. The van der Waals surface area contributed by atoms with Crippen molar-refractivity contribution in [2.45, 2.75) is 54.2 Å². The van der Waals surface area contributed by atoms with Crippen LogP contribution in [0.15, 0.2) is 75.6 Å². The number of alkyl carbamates (subject to hydrolysis) is 1. The summed E-state index contributed by atoms with van der Waals surface area (Å²) in [5.74, 6) is -0.0861. The fourth-order valence-electron chi connectivity index (χ4n) is 7.66. The van der Waals surface area contributed by atoms with Crippen LogP contribution in [-0.4, -0.2) is 84.2 Å². The number of aliphatic imine (C=N–C) groups is 1. The molecule has 3 N–H and O–H groups in total. The van der Waals surface area contributed by atoms with Crippen molar-refractivity contribution in [1.29, 1.82) is 5.26 Å². The van der Waals surface area contributed by atoms with Gasteiger partial charge in [-0.3, -0.25) is 9.89 Å². The second kappa shape index (κ2) is 13.8. The number of nitrogens with zero attached hydrogens (tertiary/aromatic N) is 4. The average molecular weight is 651 g/mol. The Labute approximate surface area is 271 Å². The summed E-state index contributed by atoms with van der Waals surface area (Å²) in [6, 6.07) is 19.0. The number of hydrogen-bond acceptors (Lipinski definition) is 9. The number of piperidine rings is 1. The number of sulfone groups is 1. The van der Waals surface area contributed by atoms with Crippen molar-refractivity contribution in [3.8, 4) is 6.07 Å². The van der Waals surface area contributed by atoms with Crippen LogP contribution >= 0.6 is 0 Å². The number of anilines is 1. The van der Waals surface area contributed by atoms with Gasteiger partial charge in [0.25, 0.3) is 0 Å². The number of alkyl halides is 1. The first-order valence-electron chi connectivity index (χ1n) is 15.8. The van der Waals surface area contributed by atoms with Crippen LogP contribution in [-0.2, 0) is 20.0 Å². The minimum absolute atomic E-state index is 0.0384. The zero-order chi connectivity index (χ0) is 33.0. The van der Waals surface area contributed by atoms with Gasteiger partial charge in [-0.2, -0.15) is 5.26 Å². The number of hydrogen-bond donors (Lipinski definition) is 2. The summed E-state index contributed by atoms with van der Waals surface area (Å²) in [4.78, 5) is 20.0. The third-order valence-electron chi connectivity index (χ3n) is 9.87. The topological polar surface area (TPSA) is 141 Å². The zero-order valence-corrected chi connectivity index (χ0v) is 27.3. The lowest BCUT2D eigenvalue weighted by atomic mass is 9.59. The number of benzene rings is 2. The second-order valence-electron chi connectivity index (χ2n) is 12.6. The van der Waals surface area contributed by atoms with Crippen LogP contribution in [0.2, 0.25) is 0 Å². The Morgan fingerprint density at radius 1 is 1.15 bits per heavy atom. The van der Waals surface area contributed by atoms with Crippen molar-refractivity contribution in [2.75, 3.05) is 51.7 Å². The summed E-state index contributed by atoms with van der Waals surface area (Å²) in [6.45, 7) is 2.06. The largest absolute Gasteiger partial charge is 0.446 e. The maximum atomic E-state index is 15.9. The van der Waals surface area contributed by atoms with E-state index in [4.69, 9.17) is 10.5 Å². The Hall–Kier alpha value is -3.95. The van der Waals surface area contributed by atoms with Crippen LogP contribution in [0.1, 0.15) is 37.7 Å². The van der Waals surface area contributed by atoms with Crippen molar-refractivity contribution in [2.24, 2.45) is 22.6 Å². The second-order valence-corrected chi connectivity index (χ2v) is 14.5. The molecule has 0 radical (unpaired) electrons. The number of likely N-dealkylation sites (tertiary alicyclic amines) is 1. The molecule has 46 heavy (non-hydrogen) atoms. The maximum absolute atomic E-state index is 15.9. The molecule has 246 valence electrons. The van der Waals surface area contributed by atoms with Crippen molar-refractivity contribution in [1.82, 2.24) is 10.2 Å². The smallest absolute Gasteiger partial charge is 0.407 e. The normalized spacial score (nSPS) is 23.8. The summed E-state index contributed by atoms with van der Waals surface area (Å²) < 4.78 is 47.3. The molecule has 0 spiro atoms. The lowest BCUT2D eigenvalue weighted by Crippen LogP contribution is -2.64. The third-order valence-corrected chi connectivity index (χ3v) is 11.6. The van der Waals surface area contributed by atoms with Crippen molar-refractivity contribution >= 4 is 27.8 Å². The fraction of sp³-hybridized carbons (Fsp3) is 0.500. The van der Waals surface area contributed by atoms with E-state index in [1.165, 1.54) is 25.4 Å². The van der Waals surface area contributed by atoms with Gasteiger partial charge in [0.2, 0.25) is 9.84 Å². The minimum atomic E-state index is -3.79. The van der Waals surface area contributed by atoms with Gasteiger partial charge in [0, 0.05) is 44.7 Å². The van der Waals surface area contributed by atoms with Crippen LogP contribution in [0.4, 0.5) is 14.9 Å². The number of nitrogens with two attached hydrogens (primary N) is 1. The number of rotatable bonds is 10. The lowest BCUT2D eigenvalue weighted by molar-refractivity contribution is 0.0165. The molecule has 1 unspecified atom stereocenters. The average Bonchev–Trinajstić information content (AvgIpc) is 3.52. The first-order valence-corrected chi connectivity index (χ1v) is 17.3. The predicted octanol–water partition coefficient (Wildman–Crippen LogP) is 4.19.